The molecule has 0 aromatic heterocycles. The Morgan fingerprint density at radius 3 is 0.843 bits per heavy atom. The number of nitrogens with two attached hydrogens (primary N) is 1. The standard InChI is InChI=1S/2C24H48N6.C9H22N2.C8H6O2.CH4.ClH/c2*1-29(2)18-8-16-25-12-6-14-27-21-23-10-5-11-24(20-23)22-28-15-7-13-26-17-9-19-30(3)4;1-11(2)9-7-5-3-4-6-8-10;9-5-7-2-1-3-8(4-7)6-10;;/h2*5,10-11,20,25-28H,6-9,12-19,21-22H2,1-4H3;3-10H2,1-2H3;1-6H;1H4;1H. The van der Waals surface area contributed by atoms with E-state index in [1.807, 2.05) is 0 Å². The second-order valence-electron chi connectivity index (χ2n) is 22.7. The average Bonchev–Trinajstić information content (AvgIpc) is 3.46. The van der Waals surface area contributed by atoms with Crippen LogP contribution >= 0.6 is 12.4 Å². The van der Waals surface area contributed by atoms with Gasteiger partial charge in [0.15, 0.2) is 0 Å². The summed E-state index contributed by atoms with van der Waals surface area (Å²) in [6.45, 7) is 23.6. The Kier molecular flexibility index (Phi) is 64.0. The van der Waals surface area contributed by atoms with E-state index in [2.05, 4.69) is 186 Å². The molecule has 0 heterocycles. The third-order valence-corrected chi connectivity index (χ3v) is 13.0. The van der Waals surface area contributed by atoms with Crippen molar-refractivity contribution in [3.05, 3.63) is 106 Å². The molecule has 0 aliphatic carbocycles. The molecule has 83 heavy (non-hydrogen) atoms. The summed E-state index contributed by atoms with van der Waals surface area (Å²) in [6.07, 6.45) is 17.5. The molecular weight excluding hydrogens is 1060 g/mol. The van der Waals surface area contributed by atoms with Crippen LogP contribution in [0.3, 0.4) is 0 Å². The number of hydrogen-bond acceptors (Lipinski definition) is 16. The van der Waals surface area contributed by atoms with Crippen LogP contribution in [0.15, 0.2) is 72.8 Å². The van der Waals surface area contributed by atoms with Crippen molar-refractivity contribution in [3.63, 3.8) is 0 Å². The average molecular weight is 1190 g/mol. The lowest BCUT2D eigenvalue weighted by molar-refractivity contribution is 0.112. The van der Waals surface area contributed by atoms with Crippen LogP contribution in [-0.2, 0) is 26.2 Å². The van der Waals surface area contributed by atoms with Crippen molar-refractivity contribution in [2.24, 2.45) is 5.73 Å². The van der Waals surface area contributed by atoms with Crippen LogP contribution in [0, 0.1) is 0 Å². The zero-order chi connectivity index (χ0) is 59.7. The van der Waals surface area contributed by atoms with Gasteiger partial charge in [-0.1, -0.05) is 93.4 Å². The van der Waals surface area contributed by atoms with Crippen LogP contribution in [0.1, 0.15) is 134 Å². The number of aldehydes is 2. The van der Waals surface area contributed by atoms with Crippen molar-refractivity contribution in [1.82, 2.24) is 67.0 Å². The van der Waals surface area contributed by atoms with Crippen LogP contribution in [0.5, 0.6) is 0 Å². The van der Waals surface area contributed by atoms with Gasteiger partial charge >= 0.3 is 0 Å². The summed E-state index contributed by atoms with van der Waals surface area (Å²) in [5, 5.41) is 28.3. The third-order valence-electron chi connectivity index (χ3n) is 13.0. The maximum absolute atomic E-state index is 10.2. The number of nitrogens with one attached hydrogen (secondary N) is 8. The normalized spacial score (nSPS) is 10.9. The molecule has 482 valence electrons. The minimum absolute atomic E-state index is 0. The fraction of sp³-hybridized carbons (Fsp3) is 0.697. The van der Waals surface area contributed by atoms with Crippen molar-refractivity contribution in [3.8, 4) is 0 Å². The molecule has 10 N–H and O–H groups in total. The van der Waals surface area contributed by atoms with Crippen molar-refractivity contribution < 1.29 is 9.59 Å². The Labute approximate surface area is 516 Å². The van der Waals surface area contributed by atoms with Crippen LogP contribution in [0.25, 0.3) is 0 Å². The number of unbranched alkanes of at least 4 members (excludes halogenated alkanes) is 4. The first-order chi connectivity index (χ1) is 39.3. The second kappa shape index (κ2) is 63.2. The minimum atomic E-state index is 0. The van der Waals surface area contributed by atoms with Gasteiger partial charge in [0, 0.05) is 37.3 Å². The molecule has 0 spiro atoms. The van der Waals surface area contributed by atoms with E-state index in [9.17, 15) is 9.59 Å². The van der Waals surface area contributed by atoms with E-state index in [0.29, 0.717) is 23.7 Å². The fourth-order valence-corrected chi connectivity index (χ4v) is 8.37. The maximum Gasteiger partial charge on any atom is 0.150 e. The van der Waals surface area contributed by atoms with E-state index in [4.69, 9.17) is 5.73 Å². The monoisotopic (exact) mass is 1190 g/mol. The molecule has 0 aliphatic heterocycles. The van der Waals surface area contributed by atoms with E-state index in [0.717, 1.165) is 137 Å². The van der Waals surface area contributed by atoms with E-state index in [-0.39, 0.29) is 19.8 Å². The highest BCUT2D eigenvalue weighted by atomic mass is 35.5. The van der Waals surface area contributed by atoms with Crippen molar-refractivity contribution >= 4 is 25.0 Å². The Morgan fingerprint density at radius 1 is 0.325 bits per heavy atom. The van der Waals surface area contributed by atoms with E-state index < -0.39 is 0 Å². The molecule has 3 aromatic carbocycles. The summed E-state index contributed by atoms with van der Waals surface area (Å²) >= 11 is 0. The predicted octanol–water partition coefficient (Wildman–Crippen LogP) is 7.28. The third kappa shape index (κ3) is 61.6. The Balaban J connectivity index is -0.00000113. The van der Waals surface area contributed by atoms with Crippen molar-refractivity contribution in [2.45, 2.75) is 117 Å². The first-order valence-electron chi connectivity index (χ1n) is 31.0. The molecule has 0 bridgehead atoms. The minimum Gasteiger partial charge on any atom is -0.330 e. The van der Waals surface area contributed by atoms with Crippen LogP contribution in [-0.4, -0.2) is 225 Å². The van der Waals surface area contributed by atoms with Crippen molar-refractivity contribution in [2.75, 3.05) is 188 Å². The van der Waals surface area contributed by atoms with Crippen LogP contribution in [0.4, 0.5) is 0 Å². The van der Waals surface area contributed by atoms with Gasteiger partial charge in [-0.2, -0.15) is 0 Å². The summed E-state index contributed by atoms with van der Waals surface area (Å²) < 4.78 is 0. The number of nitrogens with zero attached hydrogens (tertiary/aromatic N) is 5. The van der Waals surface area contributed by atoms with Gasteiger partial charge in [-0.15, -0.1) is 12.4 Å². The van der Waals surface area contributed by atoms with Gasteiger partial charge in [-0.05, 0) is 281 Å². The van der Waals surface area contributed by atoms with Gasteiger partial charge < -0.3 is 72.8 Å². The predicted molar refractivity (Wildman–Crippen MR) is 364 cm³/mol. The summed E-state index contributed by atoms with van der Waals surface area (Å²) in [7, 11) is 21.3. The molecule has 0 amide bonds. The SMILES string of the molecule is C.CN(C)CCCCCCCN.CN(C)CCCNCCCNCc1cccc(CNCCCNCCCN(C)C)c1.CN(C)CCCNCCCNCc1cccc(CNCCCNCCCN(C)C)c1.Cl.O=Cc1cccc(C=O)c1. The fourth-order valence-electron chi connectivity index (χ4n) is 8.37. The molecular formula is C66H129ClN14O2. The first kappa shape index (κ1) is 83.9. The summed E-state index contributed by atoms with van der Waals surface area (Å²) in [5.74, 6) is 0. The zero-order valence-electron chi connectivity index (χ0n) is 53.9. The van der Waals surface area contributed by atoms with Crippen molar-refractivity contribution in [1.29, 1.82) is 0 Å². The Bertz CT molecular complexity index is 1630. The molecule has 16 nitrogen and oxygen atoms in total. The van der Waals surface area contributed by atoms with Gasteiger partial charge in [0.25, 0.3) is 0 Å². The lowest BCUT2D eigenvalue weighted by Gasteiger charge is -2.11. The number of hydrogen-bond donors (Lipinski definition) is 9. The molecule has 17 heteroatoms. The van der Waals surface area contributed by atoms with Gasteiger partial charge in [0.05, 0.1) is 0 Å². The topological polar surface area (TPSA) is 173 Å². The Hall–Kier alpha value is -3.27. The van der Waals surface area contributed by atoms with Gasteiger partial charge in [0.1, 0.15) is 12.6 Å². The Morgan fingerprint density at radius 2 is 0.566 bits per heavy atom. The van der Waals surface area contributed by atoms with Gasteiger partial charge in [-0.25, -0.2) is 0 Å². The number of carbonyl (C=O) groups excluding carboxylic acids is 2. The quantitative estimate of drug-likeness (QED) is 0.0204. The first-order valence-corrected chi connectivity index (χ1v) is 31.0. The summed E-state index contributed by atoms with van der Waals surface area (Å²) in [5.41, 5.74) is 11.9. The highest BCUT2D eigenvalue weighted by molar-refractivity contribution is 5.85. The largest absolute Gasteiger partial charge is 0.330 e. The molecule has 0 saturated carbocycles. The molecule has 0 radical (unpaired) electrons. The molecule has 0 fully saturated rings. The van der Waals surface area contributed by atoms with E-state index in [1.54, 1.807) is 24.3 Å². The lowest BCUT2D eigenvalue weighted by atomic mass is 10.1. The summed E-state index contributed by atoms with van der Waals surface area (Å²) in [4.78, 5) is 31.5. The second-order valence-corrected chi connectivity index (χ2v) is 22.7. The number of carbonyl (C=O) groups is 2. The smallest absolute Gasteiger partial charge is 0.150 e. The zero-order valence-corrected chi connectivity index (χ0v) is 54.7. The molecule has 3 aromatic rings. The molecule has 0 unspecified atom stereocenters. The number of benzene rings is 3. The molecule has 0 saturated heterocycles. The lowest BCUT2D eigenvalue weighted by Crippen LogP contribution is -2.25. The molecule has 0 atom stereocenters. The number of halogens is 1. The van der Waals surface area contributed by atoms with Crippen LogP contribution < -0.4 is 48.3 Å². The van der Waals surface area contributed by atoms with E-state index in [1.165, 1.54) is 112 Å². The van der Waals surface area contributed by atoms with Gasteiger partial charge in [-0.3, -0.25) is 9.59 Å². The maximum atomic E-state index is 10.2. The highest BCUT2D eigenvalue weighted by Gasteiger charge is 2.01. The molecule has 0 aliphatic rings. The summed E-state index contributed by atoms with van der Waals surface area (Å²) in [6, 6.07) is 24.4. The van der Waals surface area contributed by atoms with Gasteiger partial charge in [0.2, 0.25) is 0 Å². The number of rotatable bonds is 49. The highest BCUT2D eigenvalue weighted by Crippen LogP contribution is 2.07. The molecule has 3 rings (SSSR count). The van der Waals surface area contributed by atoms with E-state index >= 15 is 0 Å². The van der Waals surface area contributed by atoms with Crippen LogP contribution in [0.2, 0.25) is 0 Å².